The molecule has 0 aromatic heterocycles. The maximum absolute atomic E-state index is 11.2. The van der Waals surface area contributed by atoms with E-state index < -0.39 is 13.9 Å². The van der Waals surface area contributed by atoms with Gasteiger partial charge in [0.15, 0.2) is 13.9 Å². The zero-order valence-electron chi connectivity index (χ0n) is 13.1. The quantitative estimate of drug-likeness (QED) is 0.868. The molecule has 1 aromatic carbocycles. The molecule has 0 aliphatic heterocycles. The van der Waals surface area contributed by atoms with Gasteiger partial charge in [0, 0.05) is 18.2 Å². The van der Waals surface area contributed by atoms with E-state index in [4.69, 9.17) is 4.43 Å². The summed E-state index contributed by atoms with van der Waals surface area (Å²) in [5.74, 6) is -0.0874. The normalized spacial score (nSPS) is 21.3. The van der Waals surface area contributed by atoms with Crippen molar-refractivity contribution in [2.24, 2.45) is 0 Å². The number of carbonyl (C=O) groups excluding carboxylic acids is 1. The summed E-state index contributed by atoms with van der Waals surface area (Å²) in [5, 5.41) is 12.5. The highest BCUT2D eigenvalue weighted by atomic mass is 28.4. The molecule has 5 heteroatoms. The van der Waals surface area contributed by atoms with Crippen molar-refractivity contribution in [1.82, 2.24) is 0 Å². The molecule has 2 rings (SSSR count). The van der Waals surface area contributed by atoms with Crippen LogP contribution in [-0.2, 0) is 21.2 Å². The van der Waals surface area contributed by atoms with E-state index in [1.54, 1.807) is 0 Å². The van der Waals surface area contributed by atoms with Crippen molar-refractivity contribution in [2.75, 3.05) is 5.32 Å². The molecule has 1 N–H and O–H groups in total. The number of benzene rings is 1. The fourth-order valence-corrected chi connectivity index (χ4v) is 4.21. The topological polar surface area (TPSA) is 62.1 Å². The van der Waals surface area contributed by atoms with E-state index in [0.29, 0.717) is 0 Å². The molecule has 21 heavy (non-hydrogen) atoms. The van der Waals surface area contributed by atoms with Crippen molar-refractivity contribution in [3.05, 3.63) is 29.3 Å². The van der Waals surface area contributed by atoms with Crippen molar-refractivity contribution in [3.8, 4) is 6.07 Å². The Balaban J connectivity index is 2.43. The summed E-state index contributed by atoms with van der Waals surface area (Å²) in [6.07, 6.45) is 2.58. The molecule has 0 heterocycles. The third kappa shape index (κ3) is 3.52. The van der Waals surface area contributed by atoms with Crippen LogP contribution in [0.3, 0.4) is 0 Å². The second-order valence-electron chi connectivity index (χ2n) is 6.56. The van der Waals surface area contributed by atoms with Crippen LogP contribution in [0.25, 0.3) is 0 Å². The lowest BCUT2D eigenvalue weighted by Crippen LogP contribution is -2.42. The number of fused-ring (bicyclic) bond motifs is 1. The van der Waals surface area contributed by atoms with E-state index in [2.05, 4.69) is 31.0 Å². The Morgan fingerprint density at radius 3 is 2.71 bits per heavy atom. The Hall–Kier alpha value is -1.64. The van der Waals surface area contributed by atoms with Crippen molar-refractivity contribution >= 4 is 19.9 Å². The summed E-state index contributed by atoms with van der Waals surface area (Å²) in [6, 6.07) is 8.17. The predicted molar refractivity (Wildman–Crippen MR) is 85.4 cm³/mol. The van der Waals surface area contributed by atoms with Gasteiger partial charge < -0.3 is 9.74 Å². The summed E-state index contributed by atoms with van der Waals surface area (Å²) in [7, 11) is -1.84. The maximum atomic E-state index is 11.2. The Morgan fingerprint density at radius 1 is 1.43 bits per heavy atom. The zero-order chi connectivity index (χ0) is 15.7. The second-order valence-corrected chi connectivity index (χ2v) is 11.0. The first kappa shape index (κ1) is 15.7. The van der Waals surface area contributed by atoms with Crippen LogP contribution in [0.4, 0.5) is 5.69 Å². The van der Waals surface area contributed by atoms with Crippen LogP contribution < -0.4 is 5.32 Å². The molecule has 0 saturated carbocycles. The SMILES string of the molecule is CC(=O)Nc1ccc2c(c1)CCCC2(C#N)O[Si](C)(C)C. The Labute approximate surface area is 127 Å². The first-order chi connectivity index (χ1) is 9.76. The monoisotopic (exact) mass is 302 g/mol. The van der Waals surface area contributed by atoms with Gasteiger partial charge in [0.1, 0.15) is 6.07 Å². The van der Waals surface area contributed by atoms with Crippen LogP contribution >= 0.6 is 0 Å². The molecule has 1 aliphatic carbocycles. The number of nitriles is 1. The number of amides is 1. The van der Waals surface area contributed by atoms with Gasteiger partial charge in [-0.1, -0.05) is 6.07 Å². The smallest absolute Gasteiger partial charge is 0.221 e. The van der Waals surface area contributed by atoms with Crippen LogP contribution in [0.5, 0.6) is 0 Å². The average molecular weight is 302 g/mol. The standard InChI is InChI=1S/C16H22N2O2Si/c1-12(19)18-14-7-8-15-13(10-14)6-5-9-16(15,11-17)20-21(2,3)4/h7-8,10H,5-6,9H2,1-4H3,(H,18,19). The number of nitrogens with zero attached hydrogens (tertiary/aromatic N) is 1. The van der Waals surface area contributed by atoms with Gasteiger partial charge in [0.2, 0.25) is 5.91 Å². The number of hydrogen-bond acceptors (Lipinski definition) is 3. The highest BCUT2D eigenvalue weighted by Crippen LogP contribution is 2.40. The summed E-state index contributed by atoms with van der Waals surface area (Å²) in [6.45, 7) is 7.80. The third-order valence-electron chi connectivity index (χ3n) is 3.50. The minimum atomic E-state index is -1.84. The number of rotatable bonds is 3. The van der Waals surface area contributed by atoms with Gasteiger partial charge in [-0.2, -0.15) is 5.26 Å². The third-order valence-corrected chi connectivity index (χ3v) is 4.46. The first-order valence-electron chi connectivity index (χ1n) is 7.28. The summed E-state index contributed by atoms with van der Waals surface area (Å²) < 4.78 is 6.25. The van der Waals surface area contributed by atoms with E-state index in [0.717, 1.165) is 36.1 Å². The molecule has 1 unspecified atom stereocenters. The number of anilines is 1. The summed E-state index contributed by atoms with van der Waals surface area (Å²) in [4.78, 5) is 11.2. The minimum absolute atomic E-state index is 0.0874. The Morgan fingerprint density at radius 2 is 2.14 bits per heavy atom. The molecule has 1 amide bonds. The van der Waals surface area contributed by atoms with Crippen LogP contribution in [0.1, 0.15) is 30.9 Å². The lowest BCUT2D eigenvalue weighted by Gasteiger charge is -2.38. The highest BCUT2D eigenvalue weighted by Gasteiger charge is 2.41. The molecule has 4 nitrogen and oxygen atoms in total. The van der Waals surface area contributed by atoms with E-state index in [1.807, 2.05) is 18.2 Å². The largest absolute Gasteiger partial charge is 0.396 e. The molecule has 1 atom stereocenters. The summed E-state index contributed by atoms with van der Waals surface area (Å²) in [5.41, 5.74) is 2.02. The van der Waals surface area contributed by atoms with Crippen LogP contribution in [0, 0.1) is 11.3 Å². The molecule has 1 aromatic rings. The number of aryl methyl sites for hydroxylation is 1. The number of nitrogens with one attached hydrogen (secondary N) is 1. The molecular weight excluding hydrogens is 280 g/mol. The van der Waals surface area contributed by atoms with Crippen molar-refractivity contribution < 1.29 is 9.22 Å². The highest BCUT2D eigenvalue weighted by molar-refractivity contribution is 6.69. The first-order valence-corrected chi connectivity index (χ1v) is 10.7. The van der Waals surface area contributed by atoms with Crippen LogP contribution in [-0.4, -0.2) is 14.2 Å². The molecule has 1 aliphatic rings. The Bertz CT molecular complexity index is 601. The average Bonchev–Trinajstić information content (AvgIpc) is 2.36. The molecule has 0 radical (unpaired) electrons. The molecule has 0 fully saturated rings. The molecule has 0 spiro atoms. The van der Waals surface area contributed by atoms with Crippen LogP contribution in [0.2, 0.25) is 19.6 Å². The maximum Gasteiger partial charge on any atom is 0.221 e. The fourth-order valence-electron chi connectivity index (χ4n) is 2.91. The van der Waals surface area contributed by atoms with E-state index in [9.17, 15) is 10.1 Å². The van der Waals surface area contributed by atoms with Gasteiger partial charge in [0.05, 0.1) is 0 Å². The molecular formula is C16H22N2O2Si. The van der Waals surface area contributed by atoms with Gasteiger partial charge in [-0.3, -0.25) is 4.79 Å². The Kier molecular flexibility index (Phi) is 4.22. The molecule has 0 saturated heterocycles. The van der Waals surface area contributed by atoms with Crippen molar-refractivity contribution in [3.63, 3.8) is 0 Å². The minimum Gasteiger partial charge on any atom is -0.396 e. The second kappa shape index (κ2) is 5.62. The number of carbonyl (C=O) groups is 1. The number of hydrogen-bond donors (Lipinski definition) is 1. The van der Waals surface area contributed by atoms with E-state index in [-0.39, 0.29) is 5.91 Å². The zero-order valence-corrected chi connectivity index (χ0v) is 14.1. The van der Waals surface area contributed by atoms with Gasteiger partial charge in [-0.15, -0.1) is 0 Å². The van der Waals surface area contributed by atoms with Gasteiger partial charge in [-0.05, 0) is 56.6 Å². The van der Waals surface area contributed by atoms with E-state index in [1.165, 1.54) is 6.92 Å². The lowest BCUT2D eigenvalue weighted by molar-refractivity contribution is -0.114. The molecule has 0 bridgehead atoms. The predicted octanol–water partition coefficient (Wildman–Crippen LogP) is 3.55. The molecule has 112 valence electrons. The van der Waals surface area contributed by atoms with Crippen molar-refractivity contribution in [1.29, 1.82) is 5.26 Å². The van der Waals surface area contributed by atoms with E-state index >= 15 is 0 Å². The van der Waals surface area contributed by atoms with Crippen LogP contribution in [0.15, 0.2) is 18.2 Å². The fraction of sp³-hybridized carbons (Fsp3) is 0.500. The van der Waals surface area contributed by atoms with Gasteiger partial charge >= 0.3 is 0 Å². The lowest BCUT2D eigenvalue weighted by atomic mass is 9.80. The van der Waals surface area contributed by atoms with Gasteiger partial charge in [0.25, 0.3) is 0 Å². The van der Waals surface area contributed by atoms with Gasteiger partial charge in [-0.25, -0.2) is 0 Å². The summed E-state index contributed by atoms with van der Waals surface area (Å²) >= 11 is 0. The van der Waals surface area contributed by atoms with Crippen molar-refractivity contribution in [2.45, 2.75) is 51.4 Å².